The summed E-state index contributed by atoms with van der Waals surface area (Å²) in [5.74, 6) is 0.642. The summed E-state index contributed by atoms with van der Waals surface area (Å²) >= 11 is 0. The average molecular weight is 331 g/mol. The second-order valence-electron chi connectivity index (χ2n) is 6.90. The monoisotopic (exact) mass is 331 g/mol. The van der Waals surface area contributed by atoms with Crippen LogP contribution in [0.3, 0.4) is 0 Å². The van der Waals surface area contributed by atoms with Gasteiger partial charge in [0.25, 0.3) is 5.91 Å². The van der Waals surface area contributed by atoms with Crippen LogP contribution in [0.5, 0.6) is 5.88 Å². The normalized spacial score (nSPS) is 25.5. The fourth-order valence-electron chi connectivity index (χ4n) is 3.58. The topological polar surface area (TPSA) is 54.9 Å². The Balaban J connectivity index is 1.31. The molecule has 6 heteroatoms. The zero-order valence-electron chi connectivity index (χ0n) is 14.0. The van der Waals surface area contributed by atoms with Gasteiger partial charge in [-0.25, -0.2) is 4.98 Å². The molecular weight excluding hydrogens is 306 g/mol. The molecule has 0 bridgehead atoms. The van der Waals surface area contributed by atoms with Crippen molar-refractivity contribution in [3.63, 3.8) is 0 Å². The SMILES string of the molecule is O=C(c1ccc(OC2CCOC2)nc1)N1CCN(C2CCC2)CC1. The molecule has 0 N–H and O–H groups in total. The van der Waals surface area contributed by atoms with Crippen LogP contribution in [0.4, 0.5) is 0 Å². The van der Waals surface area contributed by atoms with Gasteiger partial charge in [0.2, 0.25) is 5.88 Å². The van der Waals surface area contributed by atoms with Crippen molar-refractivity contribution >= 4 is 5.91 Å². The minimum atomic E-state index is 0.0755. The molecule has 130 valence electrons. The van der Waals surface area contributed by atoms with Gasteiger partial charge in [0.05, 0.1) is 18.8 Å². The number of pyridine rings is 1. The van der Waals surface area contributed by atoms with Crippen molar-refractivity contribution < 1.29 is 14.3 Å². The Morgan fingerprint density at radius 1 is 1.17 bits per heavy atom. The van der Waals surface area contributed by atoms with E-state index < -0.39 is 0 Å². The maximum absolute atomic E-state index is 12.6. The first kappa shape index (κ1) is 15.8. The number of hydrogen-bond acceptors (Lipinski definition) is 5. The zero-order valence-corrected chi connectivity index (χ0v) is 14.0. The molecule has 1 atom stereocenters. The minimum absolute atomic E-state index is 0.0755. The molecule has 2 saturated heterocycles. The lowest BCUT2D eigenvalue weighted by molar-refractivity contribution is 0.0455. The highest BCUT2D eigenvalue weighted by molar-refractivity contribution is 5.94. The number of carbonyl (C=O) groups is 1. The molecule has 1 aromatic rings. The molecule has 1 aliphatic carbocycles. The summed E-state index contributed by atoms with van der Waals surface area (Å²) in [7, 11) is 0. The van der Waals surface area contributed by atoms with E-state index in [1.807, 2.05) is 11.0 Å². The van der Waals surface area contributed by atoms with Crippen LogP contribution in [0.2, 0.25) is 0 Å². The number of ether oxygens (including phenoxy) is 2. The van der Waals surface area contributed by atoms with Crippen molar-refractivity contribution in [1.82, 2.24) is 14.8 Å². The molecule has 3 heterocycles. The molecule has 6 nitrogen and oxygen atoms in total. The first-order valence-corrected chi connectivity index (χ1v) is 9.03. The Morgan fingerprint density at radius 3 is 2.58 bits per heavy atom. The fraction of sp³-hybridized carbons (Fsp3) is 0.667. The lowest BCUT2D eigenvalue weighted by atomic mass is 9.91. The van der Waals surface area contributed by atoms with Gasteiger partial charge in [0, 0.05) is 50.9 Å². The van der Waals surface area contributed by atoms with E-state index in [1.54, 1.807) is 12.3 Å². The van der Waals surface area contributed by atoms with E-state index >= 15 is 0 Å². The van der Waals surface area contributed by atoms with Crippen molar-refractivity contribution in [2.45, 2.75) is 37.8 Å². The van der Waals surface area contributed by atoms with E-state index in [0.717, 1.165) is 45.2 Å². The second-order valence-corrected chi connectivity index (χ2v) is 6.90. The molecule has 0 aromatic carbocycles. The first-order chi connectivity index (χ1) is 11.8. The Hall–Kier alpha value is -1.66. The average Bonchev–Trinajstić information content (AvgIpc) is 3.07. The largest absolute Gasteiger partial charge is 0.472 e. The quantitative estimate of drug-likeness (QED) is 0.838. The van der Waals surface area contributed by atoms with Gasteiger partial charge in [-0.05, 0) is 18.9 Å². The van der Waals surface area contributed by atoms with Gasteiger partial charge >= 0.3 is 0 Å². The number of nitrogens with zero attached hydrogens (tertiary/aromatic N) is 3. The summed E-state index contributed by atoms with van der Waals surface area (Å²) in [6, 6.07) is 4.37. The molecule has 2 aliphatic heterocycles. The van der Waals surface area contributed by atoms with Crippen LogP contribution in [-0.2, 0) is 4.74 Å². The molecule has 3 fully saturated rings. The number of rotatable bonds is 4. The third kappa shape index (κ3) is 3.39. The molecule has 0 spiro atoms. The van der Waals surface area contributed by atoms with E-state index in [4.69, 9.17) is 9.47 Å². The molecule has 1 unspecified atom stereocenters. The lowest BCUT2D eigenvalue weighted by Crippen LogP contribution is -2.53. The van der Waals surface area contributed by atoms with E-state index in [2.05, 4.69) is 9.88 Å². The predicted molar refractivity (Wildman–Crippen MR) is 89.2 cm³/mol. The molecular formula is C18H25N3O3. The van der Waals surface area contributed by atoms with Crippen LogP contribution in [0.15, 0.2) is 18.3 Å². The van der Waals surface area contributed by atoms with E-state index in [-0.39, 0.29) is 12.0 Å². The standard InChI is InChI=1S/C18H25N3O3/c22-18(21-9-7-20(8-10-21)15-2-1-3-15)14-4-5-17(19-12-14)24-16-6-11-23-13-16/h4-5,12,15-16H,1-3,6-11,13H2. The van der Waals surface area contributed by atoms with E-state index in [1.165, 1.54) is 19.3 Å². The Bertz CT molecular complexity index is 559. The fourth-order valence-corrected chi connectivity index (χ4v) is 3.58. The van der Waals surface area contributed by atoms with Gasteiger partial charge in [-0.2, -0.15) is 0 Å². The van der Waals surface area contributed by atoms with Gasteiger partial charge in [0.1, 0.15) is 6.10 Å². The highest BCUT2D eigenvalue weighted by atomic mass is 16.5. The lowest BCUT2D eigenvalue weighted by Gasteiger charge is -2.42. The first-order valence-electron chi connectivity index (χ1n) is 9.03. The van der Waals surface area contributed by atoms with Crippen LogP contribution in [0, 0.1) is 0 Å². The Morgan fingerprint density at radius 2 is 2.00 bits per heavy atom. The molecule has 3 aliphatic rings. The Labute approximate surface area is 142 Å². The van der Waals surface area contributed by atoms with Crippen LogP contribution in [-0.4, -0.2) is 72.2 Å². The van der Waals surface area contributed by atoms with Gasteiger partial charge in [-0.3, -0.25) is 9.69 Å². The third-order valence-corrected chi connectivity index (χ3v) is 5.35. The molecule has 1 saturated carbocycles. The predicted octanol–water partition coefficient (Wildman–Crippen LogP) is 1.56. The number of piperazine rings is 1. The second kappa shape index (κ2) is 7.07. The summed E-state index contributed by atoms with van der Waals surface area (Å²) in [4.78, 5) is 21.4. The summed E-state index contributed by atoms with van der Waals surface area (Å²) in [5, 5.41) is 0. The number of carbonyl (C=O) groups excluding carboxylic acids is 1. The molecule has 1 aromatic heterocycles. The van der Waals surface area contributed by atoms with Crippen molar-refractivity contribution in [3.05, 3.63) is 23.9 Å². The van der Waals surface area contributed by atoms with Crippen LogP contribution in [0.25, 0.3) is 0 Å². The minimum Gasteiger partial charge on any atom is -0.472 e. The summed E-state index contributed by atoms with van der Waals surface area (Å²) in [6.45, 7) is 4.97. The van der Waals surface area contributed by atoms with Crippen molar-refractivity contribution in [1.29, 1.82) is 0 Å². The van der Waals surface area contributed by atoms with Crippen molar-refractivity contribution in [2.24, 2.45) is 0 Å². The van der Waals surface area contributed by atoms with Gasteiger partial charge in [-0.1, -0.05) is 6.42 Å². The summed E-state index contributed by atoms with van der Waals surface area (Å²) < 4.78 is 11.0. The van der Waals surface area contributed by atoms with Crippen LogP contribution < -0.4 is 4.74 Å². The Kier molecular flexibility index (Phi) is 4.67. The maximum atomic E-state index is 12.6. The summed E-state index contributed by atoms with van der Waals surface area (Å²) in [5.41, 5.74) is 0.641. The molecule has 0 radical (unpaired) electrons. The van der Waals surface area contributed by atoms with Crippen molar-refractivity contribution in [3.8, 4) is 5.88 Å². The highest BCUT2D eigenvalue weighted by Gasteiger charge is 2.29. The summed E-state index contributed by atoms with van der Waals surface area (Å²) in [6.07, 6.45) is 6.62. The van der Waals surface area contributed by atoms with Gasteiger partial charge in [-0.15, -0.1) is 0 Å². The maximum Gasteiger partial charge on any atom is 0.255 e. The molecule has 24 heavy (non-hydrogen) atoms. The van der Waals surface area contributed by atoms with Crippen LogP contribution >= 0.6 is 0 Å². The van der Waals surface area contributed by atoms with Crippen LogP contribution in [0.1, 0.15) is 36.0 Å². The van der Waals surface area contributed by atoms with Gasteiger partial charge in [0.15, 0.2) is 0 Å². The number of hydrogen-bond donors (Lipinski definition) is 0. The number of aromatic nitrogens is 1. The highest BCUT2D eigenvalue weighted by Crippen LogP contribution is 2.25. The smallest absolute Gasteiger partial charge is 0.255 e. The number of amides is 1. The van der Waals surface area contributed by atoms with E-state index in [9.17, 15) is 4.79 Å². The molecule has 1 amide bonds. The van der Waals surface area contributed by atoms with E-state index in [0.29, 0.717) is 18.1 Å². The van der Waals surface area contributed by atoms with Crippen molar-refractivity contribution in [2.75, 3.05) is 39.4 Å². The van der Waals surface area contributed by atoms with Gasteiger partial charge < -0.3 is 14.4 Å². The molecule has 4 rings (SSSR count). The third-order valence-electron chi connectivity index (χ3n) is 5.35. The zero-order chi connectivity index (χ0) is 16.4.